The SMILES string of the molecule is CC(=O)c1ccc(N2CCN(C(=O)C3CCCCC3C(=O)N3CCC(C#N)(c4ccccc4)CC3)CC2)cc1. The molecule has 0 bridgehead atoms. The molecule has 204 valence electrons. The van der Waals surface area contributed by atoms with Crippen LogP contribution < -0.4 is 4.90 Å². The summed E-state index contributed by atoms with van der Waals surface area (Å²) in [7, 11) is 0. The zero-order valence-electron chi connectivity index (χ0n) is 22.8. The summed E-state index contributed by atoms with van der Waals surface area (Å²) in [5.74, 6) is -0.262. The van der Waals surface area contributed by atoms with E-state index in [2.05, 4.69) is 11.0 Å². The summed E-state index contributed by atoms with van der Waals surface area (Å²) in [5, 5.41) is 10.0. The molecule has 0 aromatic heterocycles. The summed E-state index contributed by atoms with van der Waals surface area (Å²) in [4.78, 5) is 45.1. The average Bonchev–Trinajstić information content (AvgIpc) is 3.01. The first-order valence-corrected chi connectivity index (χ1v) is 14.3. The van der Waals surface area contributed by atoms with E-state index >= 15 is 0 Å². The molecule has 2 unspecified atom stereocenters. The molecule has 3 aliphatic rings. The smallest absolute Gasteiger partial charge is 0.226 e. The van der Waals surface area contributed by atoms with Crippen molar-refractivity contribution in [2.75, 3.05) is 44.2 Å². The first-order chi connectivity index (χ1) is 18.9. The molecule has 1 saturated carbocycles. The fourth-order valence-corrected chi connectivity index (χ4v) is 6.61. The maximum absolute atomic E-state index is 13.7. The number of carbonyl (C=O) groups excluding carboxylic acids is 3. The molecular formula is C32H38N4O3. The first-order valence-electron chi connectivity index (χ1n) is 14.3. The Morgan fingerprint density at radius 3 is 1.82 bits per heavy atom. The van der Waals surface area contributed by atoms with Gasteiger partial charge in [0.2, 0.25) is 11.8 Å². The second kappa shape index (κ2) is 11.6. The van der Waals surface area contributed by atoms with Crippen LogP contribution >= 0.6 is 0 Å². The van der Waals surface area contributed by atoms with Crippen molar-refractivity contribution in [2.45, 2.75) is 50.9 Å². The van der Waals surface area contributed by atoms with Crippen molar-refractivity contribution in [2.24, 2.45) is 11.8 Å². The van der Waals surface area contributed by atoms with E-state index in [1.807, 2.05) is 64.4 Å². The Kier molecular flexibility index (Phi) is 8.02. The summed E-state index contributed by atoms with van der Waals surface area (Å²) in [6.45, 7) is 5.42. The predicted octanol–water partition coefficient (Wildman–Crippen LogP) is 4.43. The molecule has 2 aliphatic heterocycles. The quantitative estimate of drug-likeness (QED) is 0.538. The number of hydrogen-bond donors (Lipinski definition) is 0. The number of amides is 2. The van der Waals surface area contributed by atoms with Crippen molar-refractivity contribution in [1.82, 2.24) is 9.80 Å². The molecule has 2 saturated heterocycles. The molecule has 2 amide bonds. The summed E-state index contributed by atoms with van der Waals surface area (Å²) in [6.07, 6.45) is 4.73. The Morgan fingerprint density at radius 1 is 0.769 bits per heavy atom. The lowest BCUT2D eigenvalue weighted by molar-refractivity contribution is -0.149. The van der Waals surface area contributed by atoms with Crippen LogP contribution in [0.4, 0.5) is 5.69 Å². The topological polar surface area (TPSA) is 84.7 Å². The highest BCUT2D eigenvalue weighted by molar-refractivity contribution is 5.94. The Hall–Kier alpha value is -3.66. The van der Waals surface area contributed by atoms with Gasteiger partial charge in [-0.3, -0.25) is 14.4 Å². The number of anilines is 1. The molecule has 5 rings (SSSR count). The third kappa shape index (κ3) is 5.56. The van der Waals surface area contributed by atoms with Crippen LogP contribution in [0, 0.1) is 23.2 Å². The molecule has 7 heteroatoms. The minimum absolute atomic E-state index is 0.0543. The Morgan fingerprint density at radius 2 is 1.31 bits per heavy atom. The maximum Gasteiger partial charge on any atom is 0.226 e. The zero-order chi connectivity index (χ0) is 27.4. The van der Waals surface area contributed by atoms with Crippen molar-refractivity contribution in [1.29, 1.82) is 5.26 Å². The lowest BCUT2D eigenvalue weighted by Crippen LogP contribution is -2.54. The van der Waals surface area contributed by atoms with E-state index in [-0.39, 0.29) is 29.4 Å². The number of likely N-dealkylation sites (tertiary alicyclic amines) is 1. The molecule has 2 atom stereocenters. The minimum Gasteiger partial charge on any atom is -0.368 e. The number of ketones is 1. The van der Waals surface area contributed by atoms with E-state index in [0.29, 0.717) is 44.6 Å². The van der Waals surface area contributed by atoms with Crippen molar-refractivity contribution in [3.63, 3.8) is 0 Å². The van der Waals surface area contributed by atoms with Gasteiger partial charge in [0, 0.05) is 62.4 Å². The van der Waals surface area contributed by atoms with Crippen LogP contribution in [-0.2, 0) is 15.0 Å². The molecular weight excluding hydrogens is 488 g/mol. The number of nitriles is 1. The lowest BCUT2D eigenvalue weighted by atomic mass is 9.73. The molecule has 3 fully saturated rings. The van der Waals surface area contributed by atoms with Crippen molar-refractivity contribution in [3.8, 4) is 6.07 Å². The zero-order valence-corrected chi connectivity index (χ0v) is 22.8. The van der Waals surface area contributed by atoms with Crippen LogP contribution in [0.15, 0.2) is 54.6 Å². The lowest BCUT2D eigenvalue weighted by Gasteiger charge is -2.42. The van der Waals surface area contributed by atoms with Gasteiger partial charge < -0.3 is 14.7 Å². The van der Waals surface area contributed by atoms with E-state index in [4.69, 9.17) is 0 Å². The fourth-order valence-electron chi connectivity index (χ4n) is 6.61. The summed E-state index contributed by atoms with van der Waals surface area (Å²) in [5.41, 5.74) is 2.24. The van der Waals surface area contributed by atoms with E-state index in [0.717, 1.165) is 50.0 Å². The number of rotatable bonds is 5. The third-order valence-electron chi connectivity index (χ3n) is 9.10. The third-order valence-corrected chi connectivity index (χ3v) is 9.10. The summed E-state index contributed by atoms with van der Waals surface area (Å²) >= 11 is 0. The molecule has 0 radical (unpaired) electrons. The van der Waals surface area contributed by atoms with Gasteiger partial charge in [0.25, 0.3) is 0 Å². The number of benzene rings is 2. The van der Waals surface area contributed by atoms with E-state index < -0.39 is 5.41 Å². The van der Waals surface area contributed by atoms with E-state index in [1.165, 1.54) is 0 Å². The Labute approximate surface area is 231 Å². The van der Waals surface area contributed by atoms with Gasteiger partial charge in [-0.25, -0.2) is 0 Å². The van der Waals surface area contributed by atoms with Gasteiger partial charge >= 0.3 is 0 Å². The molecule has 39 heavy (non-hydrogen) atoms. The van der Waals surface area contributed by atoms with Crippen molar-refractivity contribution in [3.05, 3.63) is 65.7 Å². The largest absolute Gasteiger partial charge is 0.368 e. The van der Waals surface area contributed by atoms with Crippen molar-refractivity contribution < 1.29 is 14.4 Å². The molecule has 1 aliphatic carbocycles. The normalized spacial score (nSPS) is 23.1. The second-order valence-electron chi connectivity index (χ2n) is 11.3. The average molecular weight is 527 g/mol. The van der Waals surface area contributed by atoms with Gasteiger partial charge in [0.05, 0.1) is 11.5 Å². The minimum atomic E-state index is -0.550. The Balaban J connectivity index is 1.19. The number of hydrogen-bond acceptors (Lipinski definition) is 5. The van der Waals surface area contributed by atoms with Crippen LogP contribution in [-0.4, -0.2) is 66.7 Å². The molecule has 2 aromatic carbocycles. The second-order valence-corrected chi connectivity index (χ2v) is 11.3. The summed E-state index contributed by atoms with van der Waals surface area (Å²) in [6, 6.07) is 20.1. The number of carbonyl (C=O) groups is 3. The van der Waals surface area contributed by atoms with E-state index in [9.17, 15) is 19.6 Å². The number of Topliss-reactive ketones (excluding diaryl/α,β-unsaturated/α-hetero) is 1. The molecule has 2 heterocycles. The highest BCUT2D eigenvalue weighted by Gasteiger charge is 2.43. The van der Waals surface area contributed by atoms with Gasteiger partial charge in [-0.2, -0.15) is 5.26 Å². The number of piperidine rings is 1. The van der Waals surface area contributed by atoms with Gasteiger partial charge in [-0.05, 0) is 62.4 Å². The van der Waals surface area contributed by atoms with Crippen LogP contribution in [0.3, 0.4) is 0 Å². The highest BCUT2D eigenvalue weighted by atomic mass is 16.2. The van der Waals surface area contributed by atoms with E-state index in [1.54, 1.807) is 6.92 Å². The van der Waals surface area contributed by atoms with Crippen LogP contribution in [0.1, 0.15) is 61.4 Å². The molecule has 0 N–H and O–H groups in total. The van der Waals surface area contributed by atoms with Gasteiger partial charge in [-0.15, -0.1) is 0 Å². The standard InChI is InChI=1S/C32H38N4O3/c1-24(37)25-11-13-27(14-12-25)34-19-21-36(22-20-34)31(39)29-10-6-5-9-28(29)30(38)35-17-15-32(23-33,16-18-35)26-7-3-2-4-8-26/h2-4,7-8,11-14,28-29H,5-6,9-10,15-22H2,1H3. The van der Waals surface area contributed by atoms with Crippen LogP contribution in [0.2, 0.25) is 0 Å². The molecule has 7 nitrogen and oxygen atoms in total. The number of piperazine rings is 1. The van der Waals surface area contributed by atoms with Crippen LogP contribution in [0.5, 0.6) is 0 Å². The molecule has 0 spiro atoms. The fraction of sp³-hybridized carbons (Fsp3) is 0.500. The molecule has 2 aromatic rings. The number of nitrogens with zero attached hydrogens (tertiary/aromatic N) is 4. The highest BCUT2D eigenvalue weighted by Crippen LogP contribution is 2.38. The predicted molar refractivity (Wildman–Crippen MR) is 150 cm³/mol. The first kappa shape index (κ1) is 26.9. The van der Waals surface area contributed by atoms with Gasteiger partial charge in [0.1, 0.15) is 0 Å². The maximum atomic E-state index is 13.7. The Bertz CT molecular complexity index is 1220. The monoisotopic (exact) mass is 526 g/mol. The van der Waals surface area contributed by atoms with Gasteiger partial charge in [0.15, 0.2) is 5.78 Å². The van der Waals surface area contributed by atoms with Crippen LogP contribution in [0.25, 0.3) is 0 Å². The summed E-state index contributed by atoms with van der Waals surface area (Å²) < 4.78 is 0. The van der Waals surface area contributed by atoms with Crippen molar-refractivity contribution >= 4 is 23.3 Å². The van der Waals surface area contributed by atoms with Gasteiger partial charge in [-0.1, -0.05) is 43.2 Å².